The van der Waals surface area contributed by atoms with Gasteiger partial charge in [-0.2, -0.15) is 9.50 Å². The van der Waals surface area contributed by atoms with Crippen molar-refractivity contribution < 1.29 is 4.74 Å². The Morgan fingerprint density at radius 3 is 3.06 bits per heavy atom. The predicted octanol–water partition coefficient (Wildman–Crippen LogP) is 1.07. The average Bonchev–Trinajstić information content (AvgIpc) is 2.78. The third kappa shape index (κ3) is 1.19. The van der Waals surface area contributed by atoms with E-state index in [2.05, 4.69) is 20.5 Å². The second-order valence-corrected chi connectivity index (χ2v) is 3.26. The Morgan fingerprint density at radius 2 is 2.19 bits per heavy atom. The number of benzene rings is 1. The monoisotopic (exact) mass is 215 g/mol. The average molecular weight is 215 g/mol. The molecule has 0 aliphatic carbocycles. The lowest BCUT2D eigenvalue weighted by Crippen LogP contribution is -2.00. The van der Waals surface area contributed by atoms with Gasteiger partial charge in [0.05, 0.1) is 17.5 Å². The molecule has 0 aliphatic heterocycles. The number of fused-ring (bicyclic) bond motifs is 3. The molecular weight excluding hydrogens is 206 g/mol. The van der Waals surface area contributed by atoms with Crippen molar-refractivity contribution in [3.8, 4) is 5.88 Å². The maximum Gasteiger partial charge on any atom is 0.277 e. The van der Waals surface area contributed by atoms with Crippen molar-refractivity contribution in [3.63, 3.8) is 0 Å². The lowest BCUT2D eigenvalue weighted by Gasteiger charge is -2.06. The van der Waals surface area contributed by atoms with Crippen molar-refractivity contribution in [1.29, 1.82) is 0 Å². The highest BCUT2D eigenvalue weighted by atomic mass is 16.5. The van der Waals surface area contributed by atoms with Crippen molar-refractivity contribution in [2.24, 2.45) is 0 Å². The molecular formula is C10H9N5O. The fraction of sp³-hybridized carbons (Fsp3) is 0.200. The molecule has 80 valence electrons. The highest BCUT2D eigenvalue weighted by Gasteiger charge is 2.10. The van der Waals surface area contributed by atoms with Crippen LogP contribution in [-0.4, -0.2) is 31.6 Å². The first kappa shape index (κ1) is 9.02. The number of rotatable bonds is 2. The van der Waals surface area contributed by atoms with E-state index in [-0.39, 0.29) is 0 Å². The van der Waals surface area contributed by atoms with Crippen LogP contribution < -0.4 is 4.74 Å². The Labute approximate surface area is 90.9 Å². The van der Waals surface area contributed by atoms with Gasteiger partial charge < -0.3 is 4.74 Å². The van der Waals surface area contributed by atoms with Crippen LogP contribution in [0.3, 0.4) is 0 Å². The quantitative estimate of drug-likeness (QED) is 0.639. The van der Waals surface area contributed by atoms with E-state index in [1.54, 1.807) is 4.52 Å². The maximum absolute atomic E-state index is 5.48. The number of para-hydroxylation sites is 1. The summed E-state index contributed by atoms with van der Waals surface area (Å²) in [6.07, 6.45) is 0. The molecule has 16 heavy (non-hydrogen) atoms. The molecule has 2 aromatic heterocycles. The Kier molecular flexibility index (Phi) is 1.92. The van der Waals surface area contributed by atoms with E-state index >= 15 is 0 Å². The summed E-state index contributed by atoms with van der Waals surface area (Å²) in [6.45, 7) is 2.48. The van der Waals surface area contributed by atoms with Crippen LogP contribution in [0.2, 0.25) is 0 Å². The summed E-state index contributed by atoms with van der Waals surface area (Å²) >= 11 is 0. The van der Waals surface area contributed by atoms with Crippen molar-refractivity contribution in [3.05, 3.63) is 24.3 Å². The minimum Gasteiger partial charge on any atom is -0.477 e. The number of ether oxygens (including phenoxy) is 1. The zero-order valence-corrected chi connectivity index (χ0v) is 8.66. The Morgan fingerprint density at radius 1 is 1.31 bits per heavy atom. The summed E-state index contributed by atoms with van der Waals surface area (Å²) in [5, 5.41) is 12.2. The second kappa shape index (κ2) is 3.41. The molecule has 0 bridgehead atoms. The van der Waals surface area contributed by atoms with Gasteiger partial charge in [-0.1, -0.05) is 17.2 Å². The van der Waals surface area contributed by atoms with Crippen LogP contribution in [0, 0.1) is 0 Å². The van der Waals surface area contributed by atoms with Crippen LogP contribution in [0.5, 0.6) is 5.88 Å². The smallest absolute Gasteiger partial charge is 0.277 e. The molecule has 0 spiro atoms. The molecule has 0 atom stereocenters. The van der Waals surface area contributed by atoms with Gasteiger partial charge in [-0.15, -0.1) is 0 Å². The van der Waals surface area contributed by atoms with Gasteiger partial charge in [-0.05, 0) is 29.5 Å². The lowest BCUT2D eigenvalue weighted by molar-refractivity contribution is 0.331. The third-order valence-electron chi connectivity index (χ3n) is 2.30. The molecule has 0 fully saturated rings. The molecule has 6 nitrogen and oxygen atoms in total. The molecule has 0 unspecified atom stereocenters. The highest BCUT2D eigenvalue weighted by molar-refractivity contribution is 5.85. The Bertz CT molecular complexity index is 648. The molecule has 0 amide bonds. The first-order valence-corrected chi connectivity index (χ1v) is 5.00. The van der Waals surface area contributed by atoms with Crippen LogP contribution in [-0.2, 0) is 0 Å². The van der Waals surface area contributed by atoms with Gasteiger partial charge in [-0.3, -0.25) is 0 Å². The van der Waals surface area contributed by atoms with E-state index in [1.807, 2.05) is 31.2 Å². The molecule has 3 aromatic rings. The molecule has 0 aliphatic rings. The van der Waals surface area contributed by atoms with Crippen molar-refractivity contribution in [1.82, 2.24) is 25.0 Å². The van der Waals surface area contributed by atoms with Gasteiger partial charge in [0.25, 0.3) is 5.78 Å². The second-order valence-electron chi connectivity index (χ2n) is 3.26. The topological polar surface area (TPSA) is 65.2 Å². The van der Waals surface area contributed by atoms with E-state index < -0.39 is 0 Å². The molecule has 0 saturated heterocycles. The van der Waals surface area contributed by atoms with Gasteiger partial charge in [-0.25, -0.2) is 0 Å². The summed E-state index contributed by atoms with van der Waals surface area (Å²) in [6, 6.07) is 7.74. The SMILES string of the molecule is CCOc1nc2nnnn2c2ccccc12. The number of hydrogen-bond donors (Lipinski definition) is 0. The Hall–Kier alpha value is -2.24. The normalized spacial score (nSPS) is 11.1. The molecule has 0 saturated carbocycles. The number of tetrazole rings is 1. The summed E-state index contributed by atoms with van der Waals surface area (Å²) in [7, 11) is 0. The lowest BCUT2D eigenvalue weighted by atomic mass is 10.2. The minimum atomic E-state index is 0.446. The first-order valence-electron chi connectivity index (χ1n) is 5.00. The molecule has 3 rings (SSSR count). The predicted molar refractivity (Wildman–Crippen MR) is 57.3 cm³/mol. The molecule has 2 heterocycles. The maximum atomic E-state index is 5.48. The Balaban J connectivity index is 2.45. The highest BCUT2D eigenvalue weighted by Crippen LogP contribution is 2.23. The molecule has 6 heteroatoms. The molecule has 0 radical (unpaired) electrons. The number of aromatic nitrogens is 5. The third-order valence-corrected chi connectivity index (χ3v) is 2.30. The summed E-state index contributed by atoms with van der Waals surface area (Å²) in [5.41, 5.74) is 0.890. The van der Waals surface area contributed by atoms with Gasteiger partial charge in [0.2, 0.25) is 5.88 Å². The fourth-order valence-corrected chi connectivity index (χ4v) is 1.64. The van der Waals surface area contributed by atoms with E-state index in [1.165, 1.54) is 0 Å². The van der Waals surface area contributed by atoms with E-state index in [4.69, 9.17) is 4.74 Å². The summed E-state index contributed by atoms with van der Waals surface area (Å²) < 4.78 is 7.07. The van der Waals surface area contributed by atoms with E-state index in [0.29, 0.717) is 18.3 Å². The largest absolute Gasteiger partial charge is 0.477 e. The summed E-state index contributed by atoms with van der Waals surface area (Å²) in [5.74, 6) is 1.02. The van der Waals surface area contributed by atoms with Crippen LogP contribution in [0.15, 0.2) is 24.3 Å². The summed E-state index contributed by atoms with van der Waals surface area (Å²) in [4.78, 5) is 4.26. The number of hydrogen-bond acceptors (Lipinski definition) is 5. The van der Waals surface area contributed by atoms with Crippen LogP contribution in [0.4, 0.5) is 0 Å². The molecule has 0 N–H and O–H groups in total. The van der Waals surface area contributed by atoms with E-state index in [9.17, 15) is 0 Å². The zero-order chi connectivity index (χ0) is 11.0. The van der Waals surface area contributed by atoms with Crippen molar-refractivity contribution in [2.75, 3.05) is 6.61 Å². The fourth-order valence-electron chi connectivity index (χ4n) is 1.64. The van der Waals surface area contributed by atoms with Gasteiger partial charge in [0.15, 0.2) is 0 Å². The van der Waals surface area contributed by atoms with E-state index in [0.717, 1.165) is 10.9 Å². The van der Waals surface area contributed by atoms with Gasteiger partial charge in [0.1, 0.15) is 0 Å². The van der Waals surface area contributed by atoms with Crippen LogP contribution in [0.25, 0.3) is 16.7 Å². The van der Waals surface area contributed by atoms with Crippen molar-refractivity contribution in [2.45, 2.75) is 6.92 Å². The number of nitrogens with zero attached hydrogens (tertiary/aromatic N) is 5. The van der Waals surface area contributed by atoms with Crippen molar-refractivity contribution >= 4 is 16.7 Å². The first-order chi connectivity index (χ1) is 7.90. The standard InChI is InChI=1S/C10H9N5O/c1-2-16-9-7-5-3-4-6-8(7)15-10(11-9)12-13-14-15/h3-6H,2H2,1H3. The zero-order valence-electron chi connectivity index (χ0n) is 8.66. The van der Waals surface area contributed by atoms with Crippen LogP contribution >= 0.6 is 0 Å². The van der Waals surface area contributed by atoms with Gasteiger partial charge in [0, 0.05) is 0 Å². The van der Waals surface area contributed by atoms with Crippen LogP contribution in [0.1, 0.15) is 6.92 Å². The minimum absolute atomic E-state index is 0.446. The molecule has 1 aromatic carbocycles. The van der Waals surface area contributed by atoms with Gasteiger partial charge >= 0.3 is 0 Å².